The van der Waals surface area contributed by atoms with E-state index in [4.69, 9.17) is 9.47 Å². The molecule has 2 fully saturated rings. The molecule has 3 atom stereocenters. The van der Waals surface area contributed by atoms with Crippen molar-refractivity contribution in [3.8, 4) is 0 Å². The fraction of sp³-hybridized carbons (Fsp3) is 0.571. The summed E-state index contributed by atoms with van der Waals surface area (Å²) in [5.74, 6) is 0. The molecule has 0 radical (unpaired) electrons. The van der Waals surface area contributed by atoms with Crippen molar-refractivity contribution in [1.29, 1.82) is 0 Å². The van der Waals surface area contributed by atoms with E-state index in [0.717, 1.165) is 54.3 Å². The summed E-state index contributed by atoms with van der Waals surface area (Å²) < 4.78 is 11.6. The smallest absolute Gasteiger partial charge is 0.252 e. The molecule has 140 valence electrons. The minimum atomic E-state index is -0.0881. The molecule has 2 aliphatic rings. The minimum Gasteiger partial charge on any atom is -0.381 e. The highest BCUT2D eigenvalue weighted by Crippen LogP contribution is 2.43. The van der Waals surface area contributed by atoms with Gasteiger partial charge in [-0.15, -0.1) is 0 Å². The third-order valence-corrected chi connectivity index (χ3v) is 6.52. The van der Waals surface area contributed by atoms with Crippen molar-refractivity contribution in [3.05, 3.63) is 45.7 Å². The molecule has 1 aliphatic carbocycles. The predicted molar refractivity (Wildman–Crippen MR) is 103 cm³/mol. The molecule has 1 N–H and O–H groups in total. The molecule has 2 aromatic rings. The van der Waals surface area contributed by atoms with Gasteiger partial charge >= 0.3 is 0 Å². The number of para-hydroxylation sites is 1. The summed E-state index contributed by atoms with van der Waals surface area (Å²) in [7, 11) is 3.62. The first kappa shape index (κ1) is 17.7. The van der Waals surface area contributed by atoms with E-state index in [-0.39, 0.29) is 17.3 Å². The minimum absolute atomic E-state index is 0.0146. The summed E-state index contributed by atoms with van der Waals surface area (Å²) in [4.78, 5) is 18.2. The lowest BCUT2D eigenvalue weighted by molar-refractivity contribution is -0.0947. The summed E-state index contributed by atoms with van der Waals surface area (Å²) in [6.07, 6.45) is 4.34. The van der Waals surface area contributed by atoms with Gasteiger partial charge in [0.05, 0.1) is 17.2 Å². The molecule has 0 bridgehead atoms. The van der Waals surface area contributed by atoms with Crippen LogP contribution in [-0.4, -0.2) is 48.4 Å². The molecule has 1 saturated carbocycles. The van der Waals surface area contributed by atoms with Crippen LogP contribution in [0.1, 0.15) is 36.8 Å². The Hall–Kier alpha value is -1.69. The predicted octanol–water partition coefficient (Wildman–Crippen LogP) is 2.99. The van der Waals surface area contributed by atoms with Crippen LogP contribution in [0.25, 0.3) is 10.9 Å². The topological polar surface area (TPSA) is 54.6 Å². The van der Waals surface area contributed by atoms with Crippen molar-refractivity contribution >= 4 is 10.9 Å². The van der Waals surface area contributed by atoms with Gasteiger partial charge in [-0.3, -0.25) is 9.69 Å². The Labute approximate surface area is 154 Å². The van der Waals surface area contributed by atoms with Crippen LogP contribution in [0.5, 0.6) is 0 Å². The first-order chi connectivity index (χ1) is 12.6. The van der Waals surface area contributed by atoms with Crippen LogP contribution >= 0.6 is 0 Å². The highest BCUT2D eigenvalue weighted by Gasteiger charge is 2.51. The van der Waals surface area contributed by atoms with Crippen molar-refractivity contribution < 1.29 is 9.47 Å². The number of nitrogens with zero attached hydrogens (tertiary/aromatic N) is 1. The van der Waals surface area contributed by atoms with Crippen molar-refractivity contribution in [2.45, 2.75) is 56.9 Å². The number of aromatic amines is 1. The van der Waals surface area contributed by atoms with Crippen LogP contribution in [0.2, 0.25) is 0 Å². The number of hydrogen-bond acceptors (Lipinski definition) is 4. The number of hydrogen-bond donors (Lipinski definition) is 1. The number of likely N-dealkylation sites (tertiary alicyclic amines) is 1. The average molecular weight is 356 g/mol. The maximum Gasteiger partial charge on any atom is 0.252 e. The van der Waals surface area contributed by atoms with Gasteiger partial charge < -0.3 is 14.5 Å². The van der Waals surface area contributed by atoms with Gasteiger partial charge in [0.15, 0.2) is 0 Å². The monoisotopic (exact) mass is 356 g/mol. The molecule has 2 heterocycles. The second-order valence-corrected chi connectivity index (χ2v) is 7.80. The van der Waals surface area contributed by atoms with Crippen LogP contribution in [0, 0.1) is 6.92 Å². The first-order valence-corrected chi connectivity index (χ1v) is 9.50. The molecular weight excluding hydrogens is 328 g/mol. The number of rotatable bonds is 4. The van der Waals surface area contributed by atoms with E-state index in [0.29, 0.717) is 12.6 Å². The molecule has 26 heavy (non-hydrogen) atoms. The van der Waals surface area contributed by atoms with E-state index in [1.807, 2.05) is 32.2 Å². The number of pyridine rings is 1. The zero-order valence-corrected chi connectivity index (χ0v) is 15.9. The summed E-state index contributed by atoms with van der Waals surface area (Å²) in [6, 6.07) is 8.48. The second kappa shape index (κ2) is 6.80. The molecule has 1 aromatic carbocycles. The largest absolute Gasteiger partial charge is 0.381 e. The van der Waals surface area contributed by atoms with Gasteiger partial charge in [0.25, 0.3) is 5.56 Å². The Kier molecular flexibility index (Phi) is 4.63. The molecule has 5 heteroatoms. The summed E-state index contributed by atoms with van der Waals surface area (Å²) in [5.41, 5.74) is 2.79. The molecular formula is C21H28N2O3. The first-order valence-electron chi connectivity index (χ1n) is 9.50. The number of methoxy groups -OCH3 is 2. The van der Waals surface area contributed by atoms with E-state index in [1.165, 1.54) is 0 Å². The Morgan fingerprint density at radius 3 is 2.92 bits per heavy atom. The van der Waals surface area contributed by atoms with Gasteiger partial charge in [-0.1, -0.05) is 18.2 Å². The van der Waals surface area contributed by atoms with Gasteiger partial charge in [-0.2, -0.15) is 0 Å². The number of H-pyrrole nitrogens is 1. The molecule has 1 aromatic heterocycles. The number of benzene rings is 1. The van der Waals surface area contributed by atoms with E-state index >= 15 is 0 Å². The zero-order valence-electron chi connectivity index (χ0n) is 15.9. The third kappa shape index (κ3) is 2.88. The number of nitrogens with one attached hydrogen (secondary N) is 1. The third-order valence-electron chi connectivity index (χ3n) is 6.52. The zero-order chi connectivity index (χ0) is 18.3. The Balaban J connectivity index is 1.64. The maximum atomic E-state index is 12.7. The van der Waals surface area contributed by atoms with Crippen molar-refractivity contribution in [2.24, 2.45) is 0 Å². The van der Waals surface area contributed by atoms with E-state index in [2.05, 4.69) is 16.0 Å². The van der Waals surface area contributed by atoms with Crippen molar-refractivity contribution in [3.63, 3.8) is 0 Å². The van der Waals surface area contributed by atoms with Crippen LogP contribution in [0.15, 0.2) is 29.1 Å². The van der Waals surface area contributed by atoms with Gasteiger partial charge in [0.2, 0.25) is 0 Å². The molecule has 1 saturated heterocycles. The number of aromatic nitrogens is 1. The van der Waals surface area contributed by atoms with Crippen molar-refractivity contribution in [1.82, 2.24) is 9.88 Å². The molecule has 4 rings (SSSR count). The Morgan fingerprint density at radius 1 is 1.31 bits per heavy atom. The standard InChI is InChI=1S/C21H28N2O3/c1-14-5-4-6-15-11-16(20(24)22-19(14)15)13-23-10-9-21(26-3)8-7-17(25-2)12-18(21)23/h4-6,11,17-18H,7-10,12-13H2,1-3H3,(H,22,24)/t17-,18+,21-/m1/s1. The lowest BCUT2D eigenvalue weighted by Crippen LogP contribution is -2.51. The van der Waals surface area contributed by atoms with Crippen LogP contribution in [0.4, 0.5) is 0 Å². The normalized spacial score (nSPS) is 29.2. The maximum absolute atomic E-state index is 12.7. The van der Waals surface area contributed by atoms with E-state index in [1.54, 1.807) is 7.11 Å². The van der Waals surface area contributed by atoms with E-state index < -0.39 is 0 Å². The molecule has 5 nitrogen and oxygen atoms in total. The van der Waals surface area contributed by atoms with Crippen molar-refractivity contribution in [2.75, 3.05) is 20.8 Å². The SMILES string of the molecule is CO[C@@H]1CC[C@@]2(OC)CCN(Cc3cc4cccc(C)c4[nH]c3=O)[C@H]2C1. The van der Waals surface area contributed by atoms with Gasteiger partial charge in [0.1, 0.15) is 0 Å². The fourth-order valence-corrected chi connectivity index (χ4v) is 4.92. The fourth-order valence-electron chi connectivity index (χ4n) is 4.92. The summed E-state index contributed by atoms with van der Waals surface area (Å²) in [6.45, 7) is 3.64. The lowest BCUT2D eigenvalue weighted by atomic mass is 9.79. The van der Waals surface area contributed by atoms with Gasteiger partial charge in [-0.05, 0) is 49.6 Å². The number of ether oxygens (including phenoxy) is 2. The molecule has 0 spiro atoms. The summed E-state index contributed by atoms with van der Waals surface area (Å²) in [5, 5.41) is 1.09. The summed E-state index contributed by atoms with van der Waals surface area (Å²) >= 11 is 0. The van der Waals surface area contributed by atoms with Gasteiger partial charge in [-0.25, -0.2) is 0 Å². The number of aryl methyl sites for hydroxylation is 1. The lowest BCUT2D eigenvalue weighted by Gasteiger charge is -2.43. The van der Waals surface area contributed by atoms with Crippen LogP contribution < -0.4 is 5.56 Å². The molecule has 0 amide bonds. The Bertz CT molecular complexity index is 862. The highest BCUT2D eigenvalue weighted by molar-refractivity contribution is 5.81. The molecule has 1 aliphatic heterocycles. The van der Waals surface area contributed by atoms with E-state index in [9.17, 15) is 4.79 Å². The quantitative estimate of drug-likeness (QED) is 0.915. The molecule has 0 unspecified atom stereocenters. The van der Waals surface area contributed by atoms with Crippen LogP contribution in [-0.2, 0) is 16.0 Å². The average Bonchev–Trinajstić information content (AvgIpc) is 3.01. The highest BCUT2D eigenvalue weighted by atomic mass is 16.5. The Morgan fingerprint density at radius 2 is 2.15 bits per heavy atom. The second-order valence-electron chi connectivity index (χ2n) is 7.80. The van der Waals surface area contributed by atoms with Crippen LogP contribution in [0.3, 0.4) is 0 Å². The number of fused-ring (bicyclic) bond motifs is 2. The van der Waals surface area contributed by atoms with Gasteiger partial charge in [0, 0.05) is 38.9 Å².